The van der Waals surface area contributed by atoms with Crippen LogP contribution in [0.2, 0.25) is 5.02 Å². The van der Waals surface area contributed by atoms with Crippen LogP contribution in [0.4, 0.5) is 11.5 Å². The maximum Gasteiger partial charge on any atom is 0.228 e. The molecule has 0 saturated heterocycles. The molecule has 4 aromatic rings. The topological polar surface area (TPSA) is 97.2 Å². The van der Waals surface area contributed by atoms with Gasteiger partial charge in [0.05, 0.1) is 23.4 Å². The first-order valence-electron chi connectivity index (χ1n) is 10.5. The van der Waals surface area contributed by atoms with Crippen LogP contribution in [0.25, 0.3) is 10.9 Å². The van der Waals surface area contributed by atoms with Gasteiger partial charge in [-0.15, -0.1) is 0 Å². The van der Waals surface area contributed by atoms with Crippen molar-refractivity contribution in [3.05, 3.63) is 77.1 Å². The molecule has 1 N–H and O–H groups in total. The molecule has 2 aromatic heterocycles. The van der Waals surface area contributed by atoms with Gasteiger partial charge in [-0.25, -0.2) is 13.4 Å². The molecule has 0 radical (unpaired) electrons. The van der Waals surface area contributed by atoms with Crippen molar-refractivity contribution in [1.29, 1.82) is 0 Å². The first-order chi connectivity index (χ1) is 16.1. The number of sulfone groups is 1. The third kappa shape index (κ3) is 5.37. The molecule has 2 heterocycles. The molecule has 0 saturated carbocycles. The number of carbonyl (C=O) groups is 1. The molecule has 0 spiro atoms. The number of pyridine rings is 1. The Labute approximate surface area is 203 Å². The quantitative estimate of drug-likeness (QED) is 0.417. The molecule has 176 valence electrons. The Morgan fingerprint density at radius 1 is 1.15 bits per heavy atom. The molecular weight excluding hydrogens is 474 g/mol. The number of hydrogen-bond acceptors (Lipinski definition) is 6. The Balaban J connectivity index is 1.63. The molecular formula is C24H24ClN5O3S. The minimum Gasteiger partial charge on any atom is -0.363 e. The summed E-state index contributed by atoms with van der Waals surface area (Å²) >= 11 is 6.15. The van der Waals surface area contributed by atoms with E-state index in [1.165, 1.54) is 6.07 Å². The minimum atomic E-state index is -3.57. The summed E-state index contributed by atoms with van der Waals surface area (Å²) in [5.41, 5.74) is 2.43. The third-order valence-corrected chi connectivity index (χ3v) is 6.74. The Morgan fingerprint density at radius 3 is 2.56 bits per heavy atom. The van der Waals surface area contributed by atoms with Crippen molar-refractivity contribution in [2.45, 2.75) is 17.9 Å². The Hall–Kier alpha value is -3.43. The van der Waals surface area contributed by atoms with E-state index >= 15 is 0 Å². The normalized spacial score (nSPS) is 11.5. The number of fused-ring (bicyclic) bond motifs is 1. The van der Waals surface area contributed by atoms with Gasteiger partial charge in [-0.1, -0.05) is 35.9 Å². The Morgan fingerprint density at radius 2 is 1.91 bits per heavy atom. The maximum absolute atomic E-state index is 12.6. The number of rotatable bonds is 7. The van der Waals surface area contributed by atoms with Gasteiger partial charge in [-0.05, 0) is 35.4 Å². The molecule has 8 nitrogen and oxygen atoms in total. The number of nitrogens with zero attached hydrogens (tertiary/aromatic N) is 4. The molecule has 2 aromatic carbocycles. The number of amides is 1. The van der Waals surface area contributed by atoms with Gasteiger partial charge in [0.25, 0.3) is 0 Å². The van der Waals surface area contributed by atoms with Gasteiger partial charge in [0, 0.05) is 48.8 Å². The smallest absolute Gasteiger partial charge is 0.228 e. The second-order valence-corrected chi connectivity index (χ2v) is 10.6. The van der Waals surface area contributed by atoms with Crippen molar-refractivity contribution in [3.63, 3.8) is 0 Å². The average molecular weight is 498 g/mol. The number of hydrogen-bond donors (Lipinski definition) is 1. The summed E-state index contributed by atoms with van der Waals surface area (Å²) in [6.45, 7) is 0.423. The lowest BCUT2D eigenvalue weighted by molar-refractivity contribution is -0.115. The Bertz CT molecular complexity index is 1460. The van der Waals surface area contributed by atoms with Crippen molar-refractivity contribution in [3.8, 4) is 0 Å². The first kappa shape index (κ1) is 23.7. The highest BCUT2D eigenvalue weighted by Crippen LogP contribution is 2.28. The van der Waals surface area contributed by atoms with Crippen LogP contribution in [0.15, 0.2) is 65.8 Å². The van der Waals surface area contributed by atoms with E-state index < -0.39 is 9.84 Å². The van der Waals surface area contributed by atoms with E-state index in [1.807, 2.05) is 31.1 Å². The molecule has 0 aliphatic heterocycles. The highest BCUT2D eigenvalue weighted by Gasteiger charge is 2.18. The van der Waals surface area contributed by atoms with Crippen molar-refractivity contribution in [2.24, 2.45) is 0 Å². The number of anilines is 2. The zero-order chi connectivity index (χ0) is 24.5. The predicted octanol–water partition coefficient (Wildman–Crippen LogP) is 3.78. The lowest BCUT2D eigenvalue weighted by atomic mass is 10.1. The molecule has 1 amide bonds. The fourth-order valence-electron chi connectivity index (χ4n) is 3.58. The third-order valence-electron chi connectivity index (χ3n) is 5.24. The Kier molecular flexibility index (Phi) is 6.58. The van der Waals surface area contributed by atoms with Crippen molar-refractivity contribution >= 4 is 49.8 Å². The van der Waals surface area contributed by atoms with Crippen LogP contribution in [0.5, 0.6) is 0 Å². The van der Waals surface area contributed by atoms with Gasteiger partial charge >= 0.3 is 0 Å². The lowest BCUT2D eigenvalue weighted by Crippen LogP contribution is -2.15. The zero-order valence-electron chi connectivity index (χ0n) is 19.0. The molecule has 0 fully saturated rings. The van der Waals surface area contributed by atoms with Gasteiger partial charge in [0.15, 0.2) is 9.84 Å². The number of nitrogens with one attached hydrogen (secondary N) is 1. The number of halogens is 1. The van der Waals surface area contributed by atoms with Gasteiger partial charge in [-0.3, -0.25) is 9.48 Å². The van der Waals surface area contributed by atoms with E-state index in [2.05, 4.69) is 15.4 Å². The van der Waals surface area contributed by atoms with E-state index in [4.69, 9.17) is 11.6 Å². The summed E-state index contributed by atoms with van der Waals surface area (Å²) < 4.78 is 26.7. The van der Waals surface area contributed by atoms with E-state index in [1.54, 1.807) is 47.4 Å². The van der Waals surface area contributed by atoms with Crippen LogP contribution in [0.3, 0.4) is 0 Å². The van der Waals surface area contributed by atoms with Crippen LogP contribution in [-0.4, -0.2) is 49.4 Å². The molecule has 0 unspecified atom stereocenters. The molecule has 0 atom stereocenters. The summed E-state index contributed by atoms with van der Waals surface area (Å²) in [5, 5.41) is 8.31. The first-order valence-corrected chi connectivity index (χ1v) is 12.7. The van der Waals surface area contributed by atoms with Gasteiger partial charge in [-0.2, -0.15) is 5.10 Å². The molecule has 34 heavy (non-hydrogen) atoms. The molecule has 4 rings (SSSR count). The van der Waals surface area contributed by atoms with Crippen LogP contribution in [0, 0.1) is 0 Å². The van der Waals surface area contributed by atoms with E-state index in [9.17, 15) is 13.2 Å². The van der Waals surface area contributed by atoms with Crippen LogP contribution in [0.1, 0.15) is 11.1 Å². The summed E-state index contributed by atoms with van der Waals surface area (Å²) in [7, 11) is 0.261. The molecule has 0 aliphatic carbocycles. The van der Waals surface area contributed by atoms with E-state index in [0.717, 1.165) is 17.6 Å². The molecule has 10 heteroatoms. The number of aromatic nitrogens is 3. The SMILES string of the molecule is CN(C)c1ccc(Cn2cc3c(S(C)(=O)=O)cc(NC(=O)Cc4ccccc4Cl)cc3n2)cn1. The van der Waals surface area contributed by atoms with Crippen molar-refractivity contribution in [1.82, 2.24) is 14.8 Å². The summed E-state index contributed by atoms with van der Waals surface area (Å²) in [5.74, 6) is 0.532. The fourth-order valence-corrected chi connectivity index (χ4v) is 4.68. The van der Waals surface area contributed by atoms with Crippen molar-refractivity contribution < 1.29 is 13.2 Å². The highest BCUT2D eigenvalue weighted by atomic mass is 35.5. The standard InChI is InChI=1S/C24H24ClN5O3S/c1-29(2)23-9-8-16(13-26-23)14-30-15-19-21(28-30)11-18(12-22(19)34(3,32)33)27-24(31)10-17-6-4-5-7-20(17)25/h4-9,11-13,15H,10,14H2,1-3H3,(H,27,31). The summed E-state index contributed by atoms with van der Waals surface area (Å²) in [6.07, 6.45) is 4.66. The zero-order valence-corrected chi connectivity index (χ0v) is 20.6. The van der Waals surface area contributed by atoms with Gasteiger partial charge in [0.2, 0.25) is 5.91 Å². The lowest BCUT2D eigenvalue weighted by Gasteiger charge is -2.11. The summed E-state index contributed by atoms with van der Waals surface area (Å²) in [6, 6.07) is 14.1. The second kappa shape index (κ2) is 9.44. The summed E-state index contributed by atoms with van der Waals surface area (Å²) in [4.78, 5) is 19.0. The van der Waals surface area contributed by atoms with Gasteiger partial charge in [0.1, 0.15) is 5.82 Å². The van der Waals surface area contributed by atoms with E-state index in [-0.39, 0.29) is 17.2 Å². The number of carbonyl (C=O) groups excluding carboxylic acids is 1. The van der Waals surface area contributed by atoms with Crippen LogP contribution < -0.4 is 10.2 Å². The second-order valence-electron chi connectivity index (χ2n) is 8.24. The fraction of sp³-hybridized carbons (Fsp3) is 0.208. The van der Waals surface area contributed by atoms with Crippen LogP contribution >= 0.6 is 11.6 Å². The molecule has 0 bridgehead atoms. The maximum atomic E-state index is 12.6. The average Bonchev–Trinajstić information content (AvgIpc) is 3.16. The predicted molar refractivity (Wildman–Crippen MR) is 134 cm³/mol. The highest BCUT2D eigenvalue weighted by molar-refractivity contribution is 7.91. The monoisotopic (exact) mass is 497 g/mol. The minimum absolute atomic E-state index is 0.0658. The van der Waals surface area contributed by atoms with Gasteiger partial charge < -0.3 is 10.2 Å². The largest absolute Gasteiger partial charge is 0.363 e. The van der Waals surface area contributed by atoms with E-state index in [0.29, 0.717) is 33.7 Å². The van der Waals surface area contributed by atoms with Crippen molar-refractivity contribution in [2.75, 3.05) is 30.6 Å². The number of benzene rings is 2. The molecule has 0 aliphatic rings. The van der Waals surface area contributed by atoms with Crippen LogP contribution in [-0.2, 0) is 27.6 Å².